The topological polar surface area (TPSA) is 43.3 Å². The Bertz CT molecular complexity index is 856. The van der Waals surface area contributed by atoms with Crippen LogP contribution < -0.4 is 10.1 Å². The van der Waals surface area contributed by atoms with Gasteiger partial charge in [-0.05, 0) is 42.3 Å². The van der Waals surface area contributed by atoms with Crippen LogP contribution in [0.2, 0.25) is 0 Å². The number of ether oxygens (including phenoxy) is 1. The molecule has 1 aromatic heterocycles. The number of aryl methyl sites for hydroxylation is 1. The third-order valence-corrected chi connectivity index (χ3v) is 4.42. The zero-order valence-electron chi connectivity index (χ0n) is 15.2. The fraction of sp³-hybridized carbons (Fsp3) is 0.227. The number of nitrogens with zero attached hydrogens (tertiary/aromatic N) is 1. The van der Waals surface area contributed by atoms with Gasteiger partial charge in [-0.2, -0.15) is 0 Å². The van der Waals surface area contributed by atoms with Crippen molar-refractivity contribution in [2.75, 3.05) is 7.11 Å². The summed E-state index contributed by atoms with van der Waals surface area (Å²) in [5, 5.41) is 3.02. The first kappa shape index (κ1) is 17.8. The number of aromatic nitrogens is 1. The summed E-state index contributed by atoms with van der Waals surface area (Å²) >= 11 is 0. The van der Waals surface area contributed by atoms with E-state index in [2.05, 4.69) is 35.0 Å². The molecular weight excluding hydrogens is 324 g/mol. The van der Waals surface area contributed by atoms with Crippen molar-refractivity contribution in [3.05, 3.63) is 89.7 Å². The maximum Gasteiger partial charge on any atom is 0.222 e. The van der Waals surface area contributed by atoms with Gasteiger partial charge in [-0.15, -0.1) is 0 Å². The molecule has 1 atom stereocenters. The second kappa shape index (κ2) is 8.39. The molecule has 3 rings (SSSR count). The molecule has 1 N–H and O–H groups in total. The number of rotatable bonds is 7. The van der Waals surface area contributed by atoms with E-state index < -0.39 is 0 Å². The highest BCUT2D eigenvalue weighted by Crippen LogP contribution is 2.23. The van der Waals surface area contributed by atoms with Crippen molar-refractivity contribution in [1.29, 1.82) is 0 Å². The fourth-order valence-corrected chi connectivity index (χ4v) is 3.06. The van der Waals surface area contributed by atoms with Gasteiger partial charge >= 0.3 is 0 Å². The van der Waals surface area contributed by atoms with E-state index in [9.17, 15) is 4.79 Å². The first-order valence-corrected chi connectivity index (χ1v) is 8.74. The first-order chi connectivity index (χ1) is 12.7. The number of hydrogen-bond acceptors (Lipinski definition) is 2. The lowest BCUT2D eigenvalue weighted by molar-refractivity contribution is -0.121. The van der Waals surface area contributed by atoms with Gasteiger partial charge in [0.1, 0.15) is 5.75 Å². The highest BCUT2D eigenvalue weighted by atomic mass is 16.5. The molecule has 134 valence electrons. The van der Waals surface area contributed by atoms with E-state index in [0.717, 1.165) is 16.9 Å². The molecule has 1 heterocycles. The summed E-state index contributed by atoms with van der Waals surface area (Å²) in [5.74, 6) is 0.815. The predicted molar refractivity (Wildman–Crippen MR) is 103 cm³/mol. The number of hydrogen-bond donors (Lipinski definition) is 1. The van der Waals surface area contributed by atoms with Gasteiger partial charge in [0.15, 0.2) is 0 Å². The molecule has 0 radical (unpaired) electrons. The molecule has 1 amide bonds. The molecule has 2 aromatic carbocycles. The summed E-state index contributed by atoms with van der Waals surface area (Å²) in [7, 11) is 1.64. The van der Waals surface area contributed by atoms with Crippen molar-refractivity contribution in [2.45, 2.75) is 25.9 Å². The fourth-order valence-electron chi connectivity index (χ4n) is 3.06. The average Bonchev–Trinajstić information content (AvgIpc) is 3.19. The quantitative estimate of drug-likeness (QED) is 0.698. The summed E-state index contributed by atoms with van der Waals surface area (Å²) in [6.07, 6.45) is 4.40. The average molecular weight is 348 g/mol. The monoisotopic (exact) mass is 348 g/mol. The van der Waals surface area contributed by atoms with Crippen LogP contribution >= 0.6 is 0 Å². The molecule has 0 aliphatic heterocycles. The molecular formula is C22H24N2O2. The van der Waals surface area contributed by atoms with Crippen LogP contribution in [0.1, 0.15) is 29.2 Å². The molecule has 4 nitrogen and oxygen atoms in total. The minimum atomic E-state index is -0.0183. The van der Waals surface area contributed by atoms with Gasteiger partial charge in [0, 0.05) is 18.9 Å². The number of carbonyl (C=O) groups excluding carboxylic acids is 1. The maximum absolute atomic E-state index is 12.6. The van der Waals surface area contributed by atoms with Gasteiger partial charge in [-0.25, -0.2) is 0 Å². The number of benzene rings is 2. The number of nitrogens with one attached hydrogen (secondary N) is 1. The van der Waals surface area contributed by atoms with Crippen molar-refractivity contribution < 1.29 is 9.53 Å². The largest absolute Gasteiger partial charge is 0.497 e. The van der Waals surface area contributed by atoms with Crippen LogP contribution in [-0.2, 0) is 11.3 Å². The van der Waals surface area contributed by atoms with Crippen LogP contribution in [0.25, 0.3) is 0 Å². The van der Waals surface area contributed by atoms with E-state index in [4.69, 9.17) is 4.74 Å². The van der Waals surface area contributed by atoms with Crippen LogP contribution in [-0.4, -0.2) is 17.6 Å². The predicted octanol–water partition coefficient (Wildman–Crippen LogP) is 4.10. The van der Waals surface area contributed by atoms with E-state index in [-0.39, 0.29) is 11.9 Å². The first-order valence-electron chi connectivity index (χ1n) is 8.74. The lowest BCUT2D eigenvalue weighted by atomic mass is 10.0. The van der Waals surface area contributed by atoms with Crippen LogP contribution in [0.3, 0.4) is 0 Å². The Balaban J connectivity index is 1.69. The van der Waals surface area contributed by atoms with Gasteiger partial charge in [-0.3, -0.25) is 4.79 Å². The highest BCUT2D eigenvalue weighted by Gasteiger charge is 2.17. The van der Waals surface area contributed by atoms with E-state index in [0.29, 0.717) is 13.0 Å². The zero-order chi connectivity index (χ0) is 18.4. The molecule has 0 spiro atoms. The van der Waals surface area contributed by atoms with E-state index >= 15 is 0 Å². The lowest BCUT2D eigenvalue weighted by Gasteiger charge is -2.20. The van der Waals surface area contributed by atoms with Crippen LogP contribution in [0, 0.1) is 6.92 Å². The highest BCUT2D eigenvalue weighted by molar-refractivity contribution is 5.76. The summed E-state index contributed by atoms with van der Waals surface area (Å²) < 4.78 is 7.31. The Labute approximate surface area is 154 Å². The molecule has 0 bridgehead atoms. The zero-order valence-corrected chi connectivity index (χ0v) is 15.2. The number of methoxy groups -OCH3 is 1. The molecule has 3 aromatic rings. The Hall–Kier alpha value is -3.01. The van der Waals surface area contributed by atoms with Gasteiger partial charge in [0.25, 0.3) is 0 Å². The second-order valence-electron chi connectivity index (χ2n) is 6.39. The molecule has 0 fully saturated rings. The minimum absolute atomic E-state index is 0.0183. The van der Waals surface area contributed by atoms with Crippen molar-refractivity contribution in [1.82, 2.24) is 9.88 Å². The summed E-state index contributed by atoms with van der Waals surface area (Å²) in [5.41, 5.74) is 3.35. The molecule has 0 saturated heterocycles. The summed E-state index contributed by atoms with van der Waals surface area (Å²) in [4.78, 5) is 12.6. The Morgan fingerprint density at radius 2 is 1.85 bits per heavy atom. The SMILES string of the molecule is COc1cccc(CNC(=O)C[C@H](c2cccc(C)c2)n2cccc2)c1. The van der Waals surface area contributed by atoms with Crippen molar-refractivity contribution in [3.63, 3.8) is 0 Å². The lowest BCUT2D eigenvalue weighted by Crippen LogP contribution is -2.26. The second-order valence-corrected chi connectivity index (χ2v) is 6.39. The Kier molecular flexibility index (Phi) is 5.74. The molecule has 26 heavy (non-hydrogen) atoms. The van der Waals surface area contributed by atoms with E-state index in [1.165, 1.54) is 5.56 Å². The Morgan fingerprint density at radius 1 is 1.08 bits per heavy atom. The van der Waals surface area contributed by atoms with E-state index in [1.807, 2.05) is 54.9 Å². The van der Waals surface area contributed by atoms with Crippen molar-refractivity contribution in [2.24, 2.45) is 0 Å². The van der Waals surface area contributed by atoms with E-state index in [1.54, 1.807) is 7.11 Å². The molecule has 0 saturated carbocycles. The number of amides is 1. The normalized spacial score (nSPS) is 11.8. The summed E-state index contributed by atoms with van der Waals surface area (Å²) in [6, 6.07) is 20.0. The minimum Gasteiger partial charge on any atom is -0.497 e. The molecule has 0 aliphatic rings. The number of carbonyl (C=O) groups is 1. The van der Waals surface area contributed by atoms with Crippen LogP contribution in [0.15, 0.2) is 73.1 Å². The van der Waals surface area contributed by atoms with Gasteiger partial charge in [0.2, 0.25) is 5.91 Å². The van der Waals surface area contributed by atoms with Crippen LogP contribution in [0.5, 0.6) is 5.75 Å². The van der Waals surface area contributed by atoms with Crippen molar-refractivity contribution >= 4 is 5.91 Å². The molecule has 0 aliphatic carbocycles. The standard InChI is InChI=1S/C22H24N2O2/c1-17-7-5-9-19(13-17)21(24-11-3-4-12-24)15-22(25)23-16-18-8-6-10-20(14-18)26-2/h3-14,21H,15-16H2,1-2H3,(H,23,25)/t21-/m1/s1. The van der Waals surface area contributed by atoms with Crippen LogP contribution in [0.4, 0.5) is 0 Å². The van der Waals surface area contributed by atoms with Crippen molar-refractivity contribution in [3.8, 4) is 5.75 Å². The van der Waals surface area contributed by atoms with Gasteiger partial charge in [-0.1, -0.05) is 42.0 Å². The van der Waals surface area contributed by atoms with Gasteiger partial charge < -0.3 is 14.6 Å². The molecule has 4 heteroatoms. The maximum atomic E-state index is 12.6. The third-order valence-electron chi connectivity index (χ3n) is 4.42. The Morgan fingerprint density at radius 3 is 2.58 bits per heavy atom. The van der Waals surface area contributed by atoms with Gasteiger partial charge in [0.05, 0.1) is 19.6 Å². The summed E-state index contributed by atoms with van der Waals surface area (Å²) in [6.45, 7) is 2.56. The third kappa shape index (κ3) is 4.54. The molecule has 0 unspecified atom stereocenters. The smallest absolute Gasteiger partial charge is 0.222 e.